The average molecular weight is 431 g/mol. The minimum absolute atomic E-state index is 0.0851. The van der Waals surface area contributed by atoms with Crippen molar-refractivity contribution < 1.29 is 14.3 Å². The number of fused-ring (bicyclic) bond motifs is 2. The molecule has 154 valence electrons. The van der Waals surface area contributed by atoms with Gasteiger partial charge in [-0.1, -0.05) is 43.9 Å². The van der Waals surface area contributed by atoms with Crippen LogP contribution in [0.4, 0.5) is 16.2 Å². The number of amides is 2. The molecule has 0 radical (unpaired) electrons. The second kappa shape index (κ2) is 7.98. The Balaban J connectivity index is 2.02. The van der Waals surface area contributed by atoms with E-state index < -0.39 is 6.34 Å². The molecule has 0 spiro atoms. The van der Waals surface area contributed by atoms with Gasteiger partial charge in [0.25, 0.3) is 0 Å². The van der Waals surface area contributed by atoms with E-state index in [2.05, 4.69) is 18.5 Å². The Hall–Kier alpha value is -2.08. The number of carbonyl (C=O) groups excluding carboxylic acids is 1. The Bertz CT molecular complexity index is 965. The van der Waals surface area contributed by atoms with Gasteiger partial charge >= 0.3 is 6.03 Å². The molecule has 2 amide bonds. The summed E-state index contributed by atoms with van der Waals surface area (Å²) in [7, 11) is 0. The van der Waals surface area contributed by atoms with E-state index in [-0.39, 0.29) is 6.03 Å². The molecule has 0 unspecified atom stereocenters. The normalized spacial score (nSPS) is 20.8. The molecule has 2 heterocycles. The molecule has 29 heavy (non-hydrogen) atoms. The number of para-hydroxylation sites is 1. The van der Waals surface area contributed by atoms with Crippen LogP contribution in [0.1, 0.15) is 20.8 Å². The maximum Gasteiger partial charge on any atom is 0.334 e. The SMILES string of the molecule is CCN1C(=O)N(c2ccccc2)[P@@](=S)(N(CC)CC)c2cc3c(cc21)OCCO3. The van der Waals surface area contributed by atoms with Crippen molar-refractivity contribution in [3.8, 4) is 11.5 Å². The van der Waals surface area contributed by atoms with Crippen molar-refractivity contribution >= 4 is 40.9 Å². The summed E-state index contributed by atoms with van der Waals surface area (Å²) in [6, 6.07) is 13.6. The molecular weight excluding hydrogens is 405 g/mol. The van der Waals surface area contributed by atoms with Crippen LogP contribution in [0.25, 0.3) is 0 Å². The number of hydrogen-bond donors (Lipinski definition) is 0. The molecule has 0 saturated carbocycles. The van der Waals surface area contributed by atoms with Gasteiger partial charge in [-0.15, -0.1) is 0 Å². The zero-order chi connectivity index (χ0) is 20.6. The van der Waals surface area contributed by atoms with E-state index >= 15 is 0 Å². The number of rotatable bonds is 5. The molecule has 2 aromatic rings. The predicted molar refractivity (Wildman–Crippen MR) is 122 cm³/mol. The predicted octanol–water partition coefficient (Wildman–Crippen LogP) is 4.20. The van der Waals surface area contributed by atoms with Crippen molar-refractivity contribution in [2.45, 2.75) is 20.8 Å². The lowest BCUT2D eigenvalue weighted by Gasteiger charge is -2.48. The van der Waals surface area contributed by atoms with E-state index in [1.54, 1.807) is 4.90 Å². The standard InChI is InChI=1S/C21H26N3O3PS/c1-4-22(5-2)28(29)20-15-19-18(26-12-13-27-19)14-17(20)23(6-3)21(25)24(28)16-10-8-7-9-11-16/h7-11,14-15H,4-6,12-13H2,1-3H3/t28-/m0/s1. The van der Waals surface area contributed by atoms with Crippen LogP contribution in [-0.4, -0.2) is 43.5 Å². The van der Waals surface area contributed by atoms with E-state index in [9.17, 15) is 4.79 Å². The first-order chi connectivity index (χ1) is 14.1. The van der Waals surface area contributed by atoms with Gasteiger partial charge in [-0.3, -0.25) is 9.57 Å². The quantitative estimate of drug-likeness (QED) is 0.664. The molecule has 2 aliphatic heterocycles. The summed E-state index contributed by atoms with van der Waals surface area (Å²) in [5.74, 6) is 1.38. The van der Waals surface area contributed by atoms with Gasteiger partial charge < -0.3 is 9.47 Å². The lowest BCUT2D eigenvalue weighted by Crippen LogP contribution is -2.53. The van der Waals surface area contributed by atoms with Gasteiger partial charge in [0.05, 0.1) is 11.4 Å². The average Bonchev–Trinajstić information content (AvgIpc) is 2.75. The highest BCUT2D eigenvalue weighted by Crippen LogP contribution is 2.60. The van der Waals surface area contributed by atoms with Crippen molar-refractivity contribution in [1.29, 1.82) is 0 Å². The lowest BCUT2D eigenvalue weighted by molar-refractivity contribution is 0.172. The fraction of sp³-hybridized carbons (Fsp3) is 0.381. The molecule has 0 N–H and O–H groups in total. The molecule has 0 fully saturated rings. The van der Waals surface area contributed by atoms with Gasteiger partial charge in [-0.2, -0.15) is 0 Å². The maximum absolute atomic E-state index is 13.8. The van der Waals surface area contributed by atoms with E-state index in [0.29, 0.717) is 31.3 Å². The van der Waals surface area contributed by atoms with Crippen molar-refractivity contribution in [1.82, 2.24) is 4.67 Å². The van der Waals surface area contributed by atoms with Crippen LogP contribution in [0.3, 0.4) is 0 Å². The molecule has 0 aromatic heterocycles. The number of hydrogen-bond acceptors (Lipinski definition) is 4. The Labute approximate surface area is 177 Å². The zero-order valence-corrected chi connectivity index (χ0v) is 18.7. The minimum Gasteiger partial charge on any atom is -0.486 e. The van der Waals surface area contributed by atoms with Gasteiger partial charge in [0, 0.05) is 31.0 Å². The molecule has 0 bridgehead atoms. The summed E-state index contributed by atoms with van der Waals surface area (Å²) in [5, 5.41) is 0.978. The molecule has 8 heteroatoms. The van der Waals surface area contributed by atoms with Crippen LogP contribution in [-0.2, 0) is 11.8 Å². The fourth-order valence-electron chi connectivity index (χ4n) is 3.99. The van der Waals surface area contributed by atoms with Crippen molar-refractivity contribution in [2.24, 2.45) is 0 Å². The molecule has 2 aliphatic rings. The summed E-state index contributed by atoms with van der Waals surface area (Å²) in [6.45, 7) is 9.24. The molecular formula is C21H26N3O3PS. The number of carbonyl (C=O) groups is 1. The summed E-state index contributed by atoms with van der Waals surface area (Å²) >= 11 is 6.43. The first-order valence-corrected chi connectivity index (χ1v) is 12.7. The Morgan fingerprint density at radius 1 is 1.03 bits per heavy atom. The van der Waals surface area contributed by atoms with Crippen molar-refractivity contribution in [3.63, 3.8) is 0 Å². The molecule has 1 atom stereocenters. The van der Waals surface area contributed by atoms with Crippen LogP contribution in [0.5, 0.6) is 11.5 Å². The number of urea groups is 1. The summed E-state index contributed by atoms with van der Waals surface area (Å²) in [4.78, 5) is 15.5. The third-order valence-corrected chi connectivity index (χ3v) is 10.4. The number of benzene rings is 2. The Kier molecular flexibility index (Phi) is 5.56. The summed E-state index contributed by atoms with van der Waals surface area (Å²) < 4.78 is 15.8. The number of nitrogens with zero attached hydrogens (tertiary/aromatic N) is 3. The van der Waals surface area contributed by atoms with Gasteiger partial charge in [0.15, 0.2) is 11.5 Å². The maximum atomic E-state index is 13.8. The van der Waals surface area contributed by atoms with E-state index in [1.165, 1.54) is 0 Å². The van der Waals surface area contributed by atoms with Gasteiger partial charge in [0.2, 0.25) is 0 Å². The first kappa shape index (κ1) is 20.2. The van der Waals surface area contributed by atoms with Gasteiger partial charge in [0.1, 0.15) is 19.6 Å². The fourth-order valence-corrected chi connectivity index (χ4v) is 8.70. The lowest BCUT2D eigenvalue weighted by atomic mass is 10.2. The van der Waals surface area contributed by atoms with E-state index in [1.807, 2.05) is 54.1 Å². The van der Waals surface area contributed by atoms with Crippen LogP contribution in [0, 0.1) is 0 Å². The Morgan fingerprint density at radius 3 is 2.24 bits per heavy atom. The monoisotopic (exact) mass is 431 g/mol. The minimum atomic E-state index is -2.63. The van der Waals surface area contributed by atoms with Crippen LogP contribution in [0.15, 0.2) is 42.5 Å². The highest BCUT2D eigenvalue weighted by Gasteiger charge is 2.46. The second-order valence-electron chi connectivity index (χ2n) is 6.84. The highest BCUT2D eigenvalue weighted by molar-refractivity contribution is 8.18. The van der Waals surface area contributed by atoms with Crippen LogP contribution in [0.2, 0.25) is 0 Å². The summed E-state index contributed by atoms with van der Waals surface area (Å²) in [6.07, 6.45) is -2.63. The second-order valence-corrected chi connectivity index (χ2v) is 10.9. The molecule has 0 saturated heterocycles. The largest absolute Gasteiger partial charge is 0.486 e. The van der Waals surface area contributed by atoms with Gasteiger partial charge in [-0.05, 0) is 25.1 Å². The molecule has 6 nitrogen and oxygen atoms in total. The topological polar surface area (TPSA) is 45.3 Å². The Morgan fingerprint density at radius 2 is 1.66 bits per heavy atom. The van der Waals surface area contributed by atoms with Crippen LogP contribution >= 0.6 is 6.34 Å². The van der Waals surface area contributed by atoms with Gasteiger partial charge in [-0.25, -0.2) is 9.46 Å². The molecule has 0 aliphatic carbocycles. The number of ether oxygens (including phenoxy) is 2. The highest BCUT2D eigenvalue weighted by atomic mass is 32.4. The van der Waals surface area contributed by atoms with Crippen molar-refractivity contribution in [2.75, 3.05) is 42.4 Å². The van der Waals surface area contributed by atoms with Crippen LogP contribution < -0.4 is 24.3 Å². The zero-order valence-electron chi connectivity index (χ0n) is 17.0. The molecule has 4 rings (SSSR count). The van der Waals surface area contributed by atoms with E-state index in [0.717, 1.165) is 29.8 Å². The smallest absolute Gasteiger partial charge is 0.334 e. The first-order valence-electron chi connectivity index (χ1n) is 10.0. The van der Waals surface area contributed by atoms with Crippen molar-refractivity contribution in [3.05, 3.63) is 42.5 Å². The van der Waals surface area contributed by atoms with E-state index in [4.69, 9.17) is 21.3 Å². The molecule has 2 aromatic carbocycles. The number of anilines is 2. The summed E-state index contributed by atoms with van der Waals surface area (Å²) in [5.41, 5.74) is 1.66. The third-order valence-electron chi connectivity index (χ3n) is 5.36. The third kappa shape index (κ3) is 3.12.